The largest absolute Gasteiger partial charge is 0.272 e. The van der Waals surface area contributed by atoms with E-state index in [9.17, 15) is 4.79 Å². The van der Waals surface area contributed by atoms with Crippen LogP contribution in [0, 0.1) is 0 Å². The molecule has 0 bridgehead atoms. The van der Waals surface area contributed by atoms with Gasteiger partial charge in [0, 0.05) is 0 Å². The van der Waals surface area contributed by atoms with Crippen LogP contribution in [-0.2, 0) is 0 Å². The Labute approximate surface area is 136 Å². The summed E-state index contributed by atoms with van der Waals surface area (Å²) in [5, 5.41) is 5.29. The summed E-state index contributed by atoms with van der Waals surface area (Å²) in [5.41, 5.74) is 4.49. The van der Waals surface area contributed by atoms with Gasteiger partial charge in [0.05, 0.1) is 26.5 Å². The average molecular weight is 330 g/mol. The standard InChI is InChI=1S/C16H12ClN3OS/c1-10(16-18-13-8-4-5-9-14(13)22-16)19-20-15(21)11-6-2-3-7-12(11)17/h2-9H,1H3,(H,20,21)/b19-10-. The quantitative estimate of drug-likeness (QED) is 0.581. The van der Waals surface area contributed by atoms with Gasteiger partial charge in [-0.15, -0.1) is 11.3 Å². The summed E-state index contributed by atoms with van der Waals surface area (Å²) in [4.78, 5) is 16.5. The number of amides is 1. The van der Waals surface area contributed by atoms with Gasteiger partial charge in [0.2, 0.25) is 0 Å². The van der Waals surface area contributed by atoms with E-state index in [2.05, 4.69) is 15.5 Å². The number of hydrogen-bond acceptors (Lipinski definition) is 4. The molecule has 0 fully saturated rings. The maximum absolute atomic E-state index is 12.1. The van der Waals surface area contributed by atoms with Gasteiger partial charge in [-0.3, -0.25) is 4.79 Å². The van der Waals surface area contributed by atoms with Gasteiger partial charge >= 0.3 is 0 Å². The third-order valence-corrected chi connectivity index (χ3v) is 4.52. The molecule has 22 heavy (non-hydrogen) atoms. The first-order valence-electron chi connectivity index (χ1n) is 6.60. The van der Waals surface area contributed by atoms with Crippen molar-refractivity contribution in [3.8, 4) is 0 Å². The summed E-state index contributed by atoms with van der Waals surface area (Å²) in [6, 6.07) is 14.7. The molecule has 0 spiro atoms. The summed E-state index contributed by atoms with van der Waals surface area (Å²) < 4.78 is 1.09. The van der Waals surface area contributed by atoms with Crippen molar-refractivity contribution in [1.82, 2.24) is 10.4 Å². The molecule has 110 valence electrons. The summed E-state index contributed by atoms with van der Waals surface area (Å²) in [7, 11) is 0. The Morgan fingerprint density at radius 2 is 1.91 bits per heavy atom. The number of thiazole rings is 1. The highest BCUT2D eigenvalue weighted by atomic mass is 35.5. The van der Waals surface area contributed by atoms with Crippen molar-refractivity contribution in [3.63, 3.8) is 0 Å². The molecule has 0 aliphatic carbocycles. The number of halogens is 1. The highest BCUT2D eigenvalue weighted by Crippen LogP contribution is 2.22. The fourth-order valence-corrected chi connectivity index (χ4v) is 3.05. The highest BCUT2D eigenvalue weighted by molar-refractivity contribution is 7.20. The predicted molar refractivity (Wildman–Crippen MR) is 90.7 cm³/mol. The molecule has 1 N–H and O–H groups in total. The topological polar surface area (TPSA) is 54.4 Å². The van der Waals surface area contributed by atoms with Crippen molar-refractivity contribution >= 4 is 44.8 Å². The van der Waals surface area contributed by atoms with Crippen molar-refractivity contribution in [2.45, 2.75) is 6.92 Å². The molecule has 0 saturated carbocycles. The third-order valence-electron chi connectivity index (χ3n) is 3.05. The van der Waals surface area contributed by atoms with Gasteiger partial charge in [-0.05, 0) is 31.2 Å². The number of nitrogens with zero attached hydrogens (tertiary/aromatic N) is 2. The SMILES string of the molecule is C/C(=N/NC(=O)c1ccccc1Cl)c1nc2ccccc2s1. The summed E-state index contributed by atoms with van der Waals surface area (Å²) >= 11 is 7.52. The number of carbonyl (C=O) groups excluding carboxylic acids is 1. The first-order valence-corrected chi connectivity index (χ1v) is 7.79. The first kappa shape index (κ1) is 14.7. The zero-order chi connectivity index (χ0) is 15.5. The fraction of sp³-hybridized carbons (Fsp3) is 0.0625. The molecule has 2 aromatic carbocycles. The van der Waals surface area contributed by atoms with Crippen LogP contribution >= 0.6 is 22.9 Å². The number of aromatic nitrogens is 1. The number of para-hydroxylation sites is 1. The lowest BCUT2D eigenvalue weighted by atomic mass is 10.2. The van der Waals surface area contributed by atoms with Crippen LogP contribution in [0.25, 0.3) is 10.2 Å². The summed E-state index contributed by atoms with van der Waals surface area (Å²) in [6.07, 6.45) is 0. The second-order valence-corrected chi connectivity index (χ2v) is 6.04. The normalized spacial score (nSPS) is 11.6. The minimum Gasteiger partial charge on any atom is -0.267 e. The minimum absolute atomic E-state index is 0.342. The average Bonchev–Trinajstić information content (AvgIpc) is 2.97. The van der Waals surface area contributed by atoms with E-state index in [1.807, 2.05) is 31.2 Å². The van der Waals surface area contributed by atoms with Crippen LogP contribution in [0.2, 0.25) is 5.02 Å². The molecule has 0 saturated heterocycles. The zero-order valence-corrected chi connectivity index (χ0v) is 13.3. The van der Waals surface area contributed by atoms with Crippen LogP contribution in [0.4, 0.5) is 0 Å². The Kier molecular flexibility index (Phi) is 4.18. The van der Waals surface area contributed by atoms with Gasteiger partial charge in [-0.2, -0.15) is 5.10 Å². The Bertz CT molecular complexity index is 839. The van der Waals surface area contributed by atoms with Crippen molar-refractivity contribution in [2.75, 3.05) is 0 Å². The van der Waals surface area contributed by atoms with Crippen LogP contribution in [-0.4, -0.2) is 16.6 Å². The Hall–Kier alpha value is -2.24. The van der Waals surface area contributed by atoms with E-state index in [1.165, 1.54) is 11.3 Å². The lowest BCUT2D eigenvalue weighted by molar-refractivity contribution is 0.0955. The number of benzene rings is 2. The lowest BCUT2D eigenvalue weighted by Gasteiger charge is -2.02. The van der Waals surface area contributed by atoms with E-state index in [0.29, 0.717) is 16.3 Å². The van der Waals surface area contributed by atoms with Crippen molar-refractivity contribution < 1.29 is 4.79 Å². The second-order valence-electron chi connectivity index (χ2n) is 4.60. The van der Waals surface area contributed by atoms with Crippen molar-refractivity contribution in [2.24, 2.45) is 5.10 Å². The molecule has 3 aromatic rings. The van der Waals surface area contributed by atoms with E-state index in [0.717, 1.165) is 15.2 Å². The monoisotopic (exact) mass is 329 g/mol. The van der Waals surface area contributed by atoms with Crippen LogP contribution in [0.1, 0.15) is 22.3 Å². The Morgan fingerprint density at radius 3 is 2.68 bits per heavy atom. The molecule has 3 rings (SSSR count). The predicted octanol–water partition coefficient (Wildman–Crippen LogP) is 4.10. The van der Waals surface area contributed by atoms with E-state index in [-0.39, 0.29) is 5.91 Å². The van der Waals surface area contributed by atoms with Gasteiger partial charge < -0.3 is 0 Å². The van der Waals surface area contributed by atoms with Crippen LogP contribution in [0.3, 0.4) is 0 Å². The van der Waals surface area contributed by atoms with Crippen molar-refractivity contribution in [1.29, 1.82) is 0 Å². The van der Waals surface area contributed by atoms with Gasteiger partial charge in [-0.1, -0.05) is 35.9 Å². The smallest absolute Gasteiger partial charge is 0.267 e. The van der Waals surface area contributed by atoms with E-state index in [1.54, 1.807) is 24.3 Å². The molecular weight excluding hydrogens is 318 g/mol. The van der Waals surface area contributed by atoms with E-state index >= 15 is 0 Å². The van der Waals surface area contributed by atoms with Crippen LogP contribution in [0.15, 0.2) is 53.6 Å². The molecular formula is C16H12ClN3OS. The first-order chi connectivity index (χ1) is 10.6. The molecule has 0 atom stereocenters. The van der Waals surface area contributed by atoms with Crippen LogP contribution in [0.5, 0.6) is 0 Å². The molecule has 0 aliphatic heterocycles. The van der Waals surface area contributed by atoms with E-state index < -0.39 is 0 Å². The van der Waals surface area contributed by atoms with Gasteiger partial charge in [0.1, 0.15) is 5.01 Å². The number of hydrogen-bond donors (Lipinski definition) is 1. The number of nitrogens with one attached hydrogen (secondary N) is 1. The lowest BCUT2D eigenvalue weighted by Crippen LogP contribution is -2.19. The van der Waals surface area contributed by atoms with Gasteiger partial charge in [-0.25, -0.2) is 10.4 Å². The second kappa shape index (κ2) is 6.25. The Morgan fingerprint density at radius 1 is 1.18 bits per heavy atom. The molecule has 1 amide bonds. The fourth-order valence-electron chi connectivity index (χ4n) is 1.91. The summed E-state index contributed by atoms with van der Waals surface area (Å²) in [5.74, 6) is -0.342. The van der Waals surface area contributed by atoms with Gasteiger partial charge in [0.15, 0.2) is 0 Å². The molecule has 1 heterocycles. The van der Waals surface area contributed by atoms with E-state index in [4.69, 9.17) is 11.6 Å². The molecule has 1 aromatic heterocycles. The van der Waals surface area contributed by atoms with Crippen LogP contribution < -0.4 is 5.43 Å². The maximum Gasteiger partial charge on any atom is 0.272 e. The third kappa shape index (κ3) is 3.00. The molecule has 0 radical (unpaired) electrons. The number of rotatable bonds is 3. The maximum atomic E-state index is 12.1. The summed E-state index contributed by atoms with van der Waals surface area (Å²) in [6.45, 7) is 1.81. The van der Waals surface area contributed by atoms with Crippen molar-refractivity contribution in [3.05, 3.63) is 64.1 Å². The zero-order valence-electron chi connectivity index (χ0n) is 11.7. The highest BCUT2D eigenvalue weighted by Gasteiger charge is 2.10. The minimum atomic E-state index is -0.342. The number of hydrazone groups is 1. The number of fused-ring (bicyclic) bond motifs is 1. The molecule has 6 heteroatoms. The number of carbonyl (C=O) groups is 1. The molecule has 0 aliphatic rings. The Balaban J connectivity index is 1.80. The van der Waals surface area contributed by atoms with Gasteiger partial charge in [0.25, 0.3) is 5.91 Å². The molecule has 0 unspecified atom stereocenters. The molecule has 4 nitrogen and oxygen atoms in total.